The molecule has 48 valence electrons. The quantitative estimate of drug-likeness (QED) is 0.543. The van der Waals surface area contributed by atoms with Crippen molar-refractivity contribution in [1.29, 1.82) is 5.26 Å². The summed E-state index contributed by atoms with van der Waals surface area (Å²) < 4.78 is 12.2. The van der Waals surface area contributed by atoms with Gasteiger partial charge in [-0.25, -0.2) is 4.39 Å². The Labute approximate surface area is 54.9 Å². The SMILES string of the molecule is CCC(C)(F)C#N.Cl. The first-order chi connectivity index (χ1) is 3.12. The summed E-state index contributed by atoms with van der Waals surface area (Å²) in [6.45, 7) is 2.91. The van der Waals surface area contributed by atoms with Gasteiger partial charge in [-0.15, -0.1) is 12.4 Å². The Morgan fingerprint density at radius 2 is 2.12 bits per heavy atom. The fourth-order valence-corrected chi connectivity index (χ4v) is 0.0791. The minimum absolute atomic E-state index is 0. The molecule has 0 aromatic rings. The molecule has 8 heavy (non-hydrogen) atoms. The van der Waals surface area contributed by atoms with Gasteiger partial charge in [-0.3, -0.25) is 0 Å². The highest BCUT2D eigenvalue weighted by atomic mass is 35.5. The first kappa shape index (κ1) is 10.6. The molecule has 0 bridgehead atoms. The molecule has 0 aliphatic heterocycles. The fraction of sp³-hybridized carbons (Fsp3) is 0.800. The Kier molecular flexibility index (Phi) is 4.90. The maximum Gasteiger partial charge on any atom is 0.193 e. The van der Waals surface area contributed by atoms with Gasteiger partial charge < -0.3 is 0 Å². The molecule has 3 heteroatoms. The van der Waals surface area contributed by atoms with Gasteiger partial charge in [0.15, 0.2) is 5.67 Å². The van der Waals surface area contributed by atoms with Gasteiger partial charge in [0.05, 0.1) is 0 Å². The average molecular weight is 138 g/mol. The maximum atomic E-state index is 12.2. The molecule has 0 fully saturated rings. The van der Waals surface area contributed by atoms with E-state index < -0.39 is 5.67 Å². The molecule has 0 amide bonds. The third-order valence-electron chi connectivity index (χ3n) is 0.897. The van der Waals surface area contributed by atoms with E-state index in [2.05, 4.69) is 0 Å². The summed E-state index contributed by atoms with van der Waals surface area (Å²) >= 11 is 0. The summed E-state index contributed by atoms with van der Waals surface area (Å²) in [6, 6.07) is 1.52. The van der Waals surface area contributed by atoms with Crippen LogP contribution in [0.25, 0.3) is 0 Å². The highest BCUT2D eigenvalue weighted by Crippen LogP contribution is 2.11. The van der Waals surface area contributed by atoms with Crippen LogP contribution in [0.5, 0.6) is 0 Å². The second-order valence-corrected chi connectivity index (χ2v) is 1.66. The van der Waals surface area contributed by atoms with Crippen LogP contribution in [0.15, 0.2) is 0 Å². The van der Waals surface area contributed by atoms with Gasteiger partial charge >= 0.3 is 0 Å². The minimum Gasteiger partial charge on any atom is -0.228 e. The smallest absolute Gasteiger partial charge is 0.193 e. The van der Waals surface area contributed by atoms with Gasteiger partial charge in [-0.2, -0.15) is 5.26 Å². The van der Waals surface area contributed by atoms with Crippen molar-refractivity contribution in [3.8, 4) is 6.07 Å². The number of halogens is 2. The van der Waals surface area contributed by atoms with E-state index in [1.807, 2.05) is 0 Å². The summed E-state index contributed by atoms with van der Waals surface area (Å²) in [4.78, 5) is 0. The lowest BCUT2D eigenvalue weighted by atomic mass is 10.1. The van der Waals surface area contributed by atoms with Gasteiger partial charge in [0.2, 0.25) is 0 Å². The molecule has 0 N–H and O–H groups in total. The zero-order valence-electron chi connectivity index (χ0n) is 4.94. The number of alkyl halides is 1. The average Bonchev–Trinajstić information content (AvgIpc) is 1.68. The normalized spacial score (nSPS) is 15.2. The summed E-state index contributed by atoms with van der Waals surface area (Å²) in [5.41, 5.74) is -1.61. The van der Waals surface area contributed by atoms with Gasteiger partial charge in [-0.1, -0.05) is 6.92 Å². The molecule has 0 aliphatic rings. The highest BCUT2D eigenvalue weighted by Gasteiger charge is 2.17. The minimum atomic E-state index is -1.61. The van der Waals surface area contributed by atoms with E-state index in [1.165, 1.54) is 13.0 Å². The van der Waals surface area contributed by atoms with Crippen LogP contribution in [0.3, 0.4) is 0 Å². The van der Waals surface area contributed by atoms with Gasteiger partial charge in [0.1, 0.15) is 6.07 Å². The van der Waals surface area contributed by atoms with Gasteiger partial charge in [0.25, 0.3) is 0 Å². The van der Waals surface area contributed by atoms with Crippen LogP contribution in [0, 0.1) is 11.3 Å². The van der Waals surface area contributed by atoms with Gasteiger partial charge in [-0.05, 0) is 13.3 Å². The molecule has 0 aromatic carbocycles. The number of nitriles is 1. The molecule has 1 unspecified atom stereocenters. The first-order valence-corrected chi connectivity index (χ1v) is 2.22. The molecular formula is C5H9ClFN. The van der Waals surface area contributed by atoms with E-state index in [-0.39, 0.29) is 18.8 Å². The van der Waals surface area contributed by atoms with Crippen molar-refractivity contribution in [2.24, 2.45) is 0 Å². The highest BCUT2D eigenvalue weighted by molar-refractivity contribution is 5.85. The molecule has 1 atom stereocenters. The largest absolute Gasteiger partial charge is 0.228 e. The molecule has 0 spiro atoms. The molecule has 0 radical (unpaired) electrons. The zero-order chi connectivity index (χ0) is 5.91. The second-order valence-electron chi connectivity index (χ2n) is 1.66. The van der Waals surface area contributed by atoms with E-state index in [4.69, 9.17) is 5.26 Å². The molecule has 0 aliphatic carbocycles. The van der Waals surface area contributed by atoms with Crippen LogP contribution in [0.2, 0.25) is 0 Å². The predicted molar refractivity (Wildman–Crippen MR) is 32.7 cm³/mol. The summed E-state index contributed by atoms with van der Waals surface area (Å²) in [7, 11) is 0. The van der Waals surface area contributed by atoms with Crippen LogP contribution in [-0.4, -0.2) is 5.67 Å². The van der Waals surface area contributed by atoms with Crippen molar-refractivity contribution in [2.75, 3.05) is 0 Å². The Morgan fingerprint density at radius 1 is 1.75 bits per heavy atom. The lowest BCUT2D eigenvalue weighted by Gasteiger charge is -2.03. The van der Waals surface area contributed by atoms with E-state index in [0.717, 1.165) is 0 Å². The van der Waals surface area contributed by atoms with Gasteiger partial charge in [0, 0.05) is 0 Å². The molecule has 0 heterocycles. The van der Waals surface area contributed by atoms with Crippen molar-refractivity contribution < 1.29 is 4.39 Å². The molecule has 0 saturated carbocycles. The summed E-state index contributed by atoms with van der Waals surface area (Å²) in [5, 5.41) is 7.97. The van der Waals surface area contributed by atoms with Crippen LogP contribution < -0.4 is 0 Å². The number of rotatable bonds is 1. The van der Waals surface area contributed by atoms with E-state index in [0.29, 0.717) is 0 Å². The second kappa shape index (κ2) is 3.68. The maximum absolute atomic E-state index is 12.2. The Morgan fingerprint density at radius 3 is 2.12 bits per heavy atom. The summed E-state index contributed by atoms with van der Waals surface area (Å²) in [6.07, 6.45) is 0.267. The van der Waals surface area contributed by atoms with Crippen molar-refractivity contribution >= 4 is 12.4 Å². The van der Waals surface area contributed by atoms with E-state index in [9.17, 15) is 4.39 Å². The first-order valence-electron chi connectivity index (χ1n) is 2.22. The third kappa shape index (κ3) is 3.89. The summed E-state index contributed by atoms with van der Waals surface area (Å²) in [5.74, 6) is 0. The fourth-order valence-electron chi connectivity index (χ4n) is 0.0791. The lowest BCUT2D eigenvalue weighted by Crippen LogP contribution is -2.11. The topological polar surface area (TPSA) is 23.8 Å². The third-order valence-corrected chi connectivity index (χ3v) is 0.897. The Hall–Kier alpha value is -0.290. The molecule has 0 aromatic heterocycles. The molecule has 0 rings (SSSR count). The number of nitrogens with zero attached hydrogens (tertiary/aromatic N) is 1. The van der Waals surface area contributed by atoms with Crippen LogP contribution >= 0.6 is 12.4 Å². The van der Waals surface area contributed by atoms with E-state index in [1.54, 1.807) is 6.92 Å². The Bertz CT molecular complexity index is 95.1. The molecule has 1 nitrogen and oxygen atoms in total. The predicted octanol–water partition coefficient (Wildman–Crippen LogP) is 2.07. The Balaban J connectivity index is 0. The van der Waals surface area contributed by atoms with E-state index >= 15 is 0 Å². The molecule has 0 saturated heterocycles. The van der Waals surface area contributed by atoms with Crippen molar-refractivity contribution in [1.82, 2.24) is 0 Å². The number of hydrogen-bond donors (Lipinski definition) is 0. The van der Waals surface area contributed by atoms with Crippen LogP contribution in [-0.2, 0) is 0 Å². The molecular weight excluding hydrogens is 129 g/mol. The standard InChI is InChI=1S/C5H8FN.ClH/c1-3-5(2,6)4-7;/h3H2,1-2H3;1H. The van der Waals surface area contributed by atoms with Crippen LogP contribution in [0.1, 0.15) is 20.3 Å². The monoisotopic (exact) mass is 137 g/mol. The van der Waals surface area contributed by atoms with Crippen molar-refractivity contribution in [3.05, 3.63) is 0 Å². The van der Waals surface area contributed by atoms with Crippen molar-refractivity contribution in [2.45, 2.75) is 25.9 Å². The lowest BCUT2D eigenvalue weighted by molar-refractivity contribution is 0.260. The number of hydrogen-bond acceptors (Lipinski definition) is 1. The van der Waals surface area contributed by atoms with Crippen LogP contribution in [0.4, 0.5) is 4.39 Å². The van der Waals surface area contributed by atoms with Crippen molar-refractivity contribution in [3.63, 3.8) is 0 Å². The zero-order valence-corrected chi connectivity index (χ0v) is 5.76.